The monoisotopic (exact) mass is 322 g/mol. The van der Waals surface area contributed by atoms with Crippen LogP contribution in [0, 0.1) is 6.92 Å². The fraction of sp³-hybridized carbons (Fsp3) is 0.200. The molecule has 0 aliphatic heterocycles. The zero-order chi connectivity index (χ0) is 13.7. The number of fused-ring (bicyclic) bond motifs is 1. The Morgan fingerprint density at radius 1 is 1.44 bits per heavy atom. The van der Waals surface area contributed by atoms with E-state index in [0.29, 0.717) is 10.2 Å². The normalized spacial score (nSPS) is 12.1. The number of pyridine rings is 1. The number of halogens is 4. The van der Waals surface area contributed by atoms with Crippen molar-refractivity contribution in [3.05, 3.63) is 33.7 Å². The number of carbonyl (C=O) groups is 1. The first-order valence-electron chi connectivity index (χ1n) is 4.71. The molecule has 1 N–H and O–H groups in total. The second-order valence-corrected chi connectivity index (χ2v) is 4.43. The molecule has 2 heterocycles. The van der Waals surface area contributed by atoms with Gasteiger partial charge in [-0.2, -0.15) is 13.2 Å². The number of alkyl halides is 3. The van der Waals surface area contributed by atoms with Gasteiger partial charge in [0, 0.05) is 10.2 Å². The van der Waals surface area contributed by atoms with Gasteiger partial charge in [-0.05, 0) is 35.0 Å². The molecule has 0 amide bonds. The molecule has 0 radical (unpaired) electrons. The number of aromatic nitrogens is 2. The van der Waals surface area contributed by atoms with Gasteiger partial charge in [0.1, 0.15) is 5.65 Å². The van der Waals surface area contributed by atoms with E-state index in [1.807, 2.05) is 0 Å². The van der Waals surface area contributed by atoms with E-state index in [1.54, 1.807) is 0 Å². The number of aromatic carboxylic acids is 1. The van der Waals surface area contributed by atoms with E-state index >= 15 is 0 Å². The van der Waals surface area contributed by atoms with Crippen molar-refractivity contribution in [2.75, 3.05) is 0 Å². The van der Waals surface area contributed by atoms with Gasteiger partial charge in [0.2, 0.25) is 0 Å². The van der Waals surface area contributed by atoms with Gasteiger partial charge < -0.3 is 5.11 Å². The van der Waals surface area contributed by atoms with Crippen LogP contribution in [0.4, 0.5) is 13.2 Å². The van der Waals surface area contributed by atoms with Crippen molar-refractivity contribution in [3.63, 3.8) is 0 Å². The van der Waals surface area contributed by atoms with Crippen LogP contribution in [-0.4, -0.2) is 20.5 Å². The van der Waals surface area contributed by atoms with Crippen LogP contribution in [0.25, 0.3) is 5.65 Å². The van der Waals surface area contributed by atoms with Crippen LogP contribution in [0.3, 0.4) is 0 Å². The van der Waals surface area contributed by atoms with Crippen LogP contribution in [0.1, 0.15) is 21.9 Å². The van der Waals surface area contributed by atoms with Gasteiger partial charge in [0.25, 0.3) is 0 Å². The third kappa shape index (κ3) is 1.86. The lowest BCUT2D eigenvalue weighted by molar-refractivity contribution is -0.141. The summed E-state index contributed by atoms with van der Waals surface area (Å²) in [6.07, 6.45) is -4.81. The summed E-state index contributed by atoms with van der Waals surface area (Å²) < 4.78 is 39.7. The third-order valence-electron chi connectivity index (χ3n) is 2.43. The van der Waals surface area contributed by atoms with Crippen LogP contribution in [-0.2, 0) is 6.18 Å². The van der Waals surface area contributed by atoms with Gasteiger partial charge >= 0.3 is 12.1 Å². The highest BCUT2D eigenvalue weighted by Crippen LogP contribution is 2.33. The maximum atomic E-state index is 12.7. The first-order valence-corrected chi connectivity index (χ1v) is 5.51. The molecule has 0 aliphatic carbocycles. The molecular weight excluding hydrogens is 317 g/mol. The molecule has 2 rings (SSSR count). The Morgan fingerprint density at radius 3 is 2.56 bits per heavy atom. The van der Waals surface area contributed by atoms with E-state index in [1.165, 1.54) is 19.1 Å². The van der Waals surface area contributed by atoms with E-state index in [2.05, 4.69) is 20.9 Å². The summed E-state index contributed by atoms with van der Waals surface area (Å²) >= 11 is 3.14. The van der Waals surface area contributed by atoms with Crippen LogP contribution in [0.5, 0.6) is 0 Å². The van der Waals surface area contributed by atoms with Crippen LogP contribution in [0.15, 0.2) is 16.6 Å². The number of carboxylic acids is 1. The molecule has 0 fully saturated rings. The standard InChI is InChI=1S/C10H6BrF3N2O2/c1-4-5(11)2-3-6-15-8(10(12,13)14)7(9(17)18)16(4)6/h2-3H,1H3,(H,17,18). The minimum Gasteiger partial charge on any atom is -0.476 e. The van der Waals surface area contributed by atoms with Gasteiger partial charge in [-0.1, -0.05) is 0 Å². The third-order valence-corrected chi connectivity index (χ3v) is 3.27. The summed E-state index contributed by atoms with van der Waals surface area (Å²) in [5, 5.41) is 8.96. The second kappa shape index (κ2) is 3.98. The fourth-order valence-corrected chi connectivity index (χ4v) is 1.97. The van der Waals surface area contributed by atoms with Crippen molar-refractivity contribution in [2.45, 2.75) is 13.1 Å². The molecule has 8 heteroatoms. The van der Waals surface area contributed by atoms with E-state index < -0.39 is 23.5 Å². The molecule has 0 spiro atoms. The molecule has 0 aliphatic rings. The average molecular weight is 323 g/mol. The first-order chi connectivity index (χ1) is 8.23. The Morgan fingerprint density at radius 2 is 2.06 bits per heavy atom. The molecule has 0 atom stereocenters. The van der Waals surface area contributed by atoms with E-state index in [0.717, 1.165) is 4.40 Å². The lowest BCUT2D eigenvalue weighted by atomic mass is 10.3. The SMILES string of the molecule is Cc1c(Br)ccc2nc(C(F)(F)F)c(C(=O)O)n12. The Balaban J connectivity index is 2.95. The van der Waals surface area contributed by atoms with E-state index in [-0.39, 0.29) is 5.65 Å². The van der Waals surface area contributed by atoms with Crippen molar-refractivity contribution in [1.29, 1.82) is 0 Å². The molecule has 2 aromatic heterocycles. The lowest BCUT2D eigenvalue weighted by Crippen LogP contribution is -2.14. The van der Waals surface area contributed by atoms with Gasteiger partial charge in [0.05, 0.1) is 0 Å². The molecule has 0 saturated carbocycles. The molecule has 18 heavy (non-hydrogen) atoms. The molecule has 0 unspecified atom stereocenters. The highest BCUT2D eigenvalue weighted by molar-refractivity contribution is 9.10. The molecular formula is C10H6BrF3N2O2. The maximum Gasteiger partial charge on any atom is 0.435 e. The molecule has 0 bridgehead atoms. The number of carboxylic acid groups (broad SMARTS) is 1. The van der Waals surface area contributed by atoms with Crippen LogP contribution < -0.4 is 0 Å². The summed E-state index contributed by atoms with van der Waals surface area (Å²) in [6, 6.07) is 2.84. The fourth-order valence-electron chi connectivity index (χ4n) is 1.66. The highest BCUT2D eigenvalue weighted by Gasteiger charge is 2.40. The largest absolute Gasteiger partial charge is 0.476 e. The lowest BCUT2D eigenvalue weighted by Gasteiger charge is -2.06. The van der Waals surface area contributed by atoms with Crippen LogP contribution >= 0.6 is 15.9 Å². The van der Waals surface area contributed by atoms with Crippen molar-refractivity contribution in [1.82, 2.24) is 9.38 Å². The van der Waals surface area contributed by atoms with Crippen molar-refractivity contribution >= 4 is 27.5 Å². The summed E-state index contributed by atoms with van der Waals surface area (Å²) in [5.41, 5.74) is -1.99. The van der Waals surface area contributed by atoms with Crippen molar-refractivity contribution in [2.24, 2.45) is 0 Å². The predicted octanol–water partition coefficient (Wildman–Crippen LogP) is 3.12. The van der Waals surface area contributed by atoms with Gasteiger partial charge in [-0.3, -0.25) is 4.40 Å². The van der Waals surface area contributed by atoms with Gasteiger partial charge in [0.15, 0.2) is 11.4 Å². The minimum atomic E-state index is -4.81. The maximum absolute atomic E-state index is 12.7. The molecule has 2 aromatic rings. The van der Waals surface area contributed by atoms with Crippen molar-refractivity contribution in [3.8, 4) is 0 Å². The number of rotatable bonds is 1. The van der Waals surface area contributed by atoms with E-state index in [4.69, 9.17) is 5.11 Å². The summed E-state index contributed by atoms with van der Waals surface area (Å²) in [7, 11) is 0. The number of hydrogen-bond acceptors (Lipinski definition) is 2. The number of imidazole rings is 1. The molecule has 0 aromatic carbocycles. The van der Waals surface area contributed by atoms with Crippen molar-refractivity contribution < 1.29 is 23.1 Å². The zero-order valence-electron chi connectivity index (χ0n) is 8.92. The smallest absolute Gasteiger partial charge is 0.435 e. The summed E-state index contributed by atoms with van der Waals surface area (Å²) in [5.74, 6) is -1.67. The molecule has 0 saturated heterocycles. The number of hydrogen-bond donors (Lipinski definition) is 1. The zero-order valence-corrected chi connectivity index (χ0v) is 10.5. The van der Waals surface area contributed by atoms with Crippen LogP contribution in [0.2, 0.25) is 0 Å². The van der Waals surface area contributed by atoms with Gasteiger partial charge in [-0.25, -0.2) is 9.78 Å². The topological polar surface area (TPSA) is 54.6 Å². The Kier molecular flexibility index (Phi) is 2.84. The average Bonchev–Trinajstić information content (AvgIpc) is 2.63. The second-order valence-electron chi connectivity index (χ2n) is 3.57. The Bertz CT molecular complexity index is 649. The Labute approximate surface area is 107 Å². The number of aryl methyl sites for hydroxylation is 1. The summed E-state index contributed by atoms with van der Waals surface area (Å²) in [4.78, 5) is 14.4. The van der Waals surface area contributed by atoms with Gasteiger partial charge in [-0.15, -0.1) is 0 Å². The number of nitrogens with zero attached hydrogens (tertiary/aromatic N) is 2. The Hall–Kier alpha value is -1.57. The predicted molar refractivity (Wildman–Crippen MR) is 59.6 cm³/mol. The minimum absolute atomic E-state index is 0.0552. The molecule has 4 nitrogen and oxygen atoms in total. The highest BCUT2D eigenvalue weighted by atomic mass is 79.9. The first kappa shape index (κ1) is 12.9. The summed E-state index contributed by atoms with van der Waals surface area (Å²) in [6.45, 7) is 1.51. The molecule has 96 valence electrons. The van der Waals surface area contributed by atoms with E-state index in [9.17, 15) is 18.0 Å². The quantitative estimate of drug-likeness (QED) is 0.877.